The van der Waals surface area contributed by atoms with Gasteiger partial charge in [0, 0.05) is 29.7 Å². The number of nitrogens with zero attached hydrogens (tertiary/aromatic N) is 2. The highest BCUT2D eigenvalue weighted by molar-refractivity contribution is 8.00. The molecule has 0 saturated carbocycles. The van der Waals surface area contributed by atoms with E-state index in [1.807, 2.05) is 48.7 Å². The number of rotatable bonds is 8. The number of unbranched alkanes of at least 4 members (excludes halogenated alkanes) is 1. The molecule has 3 amide bonds. The van der Waals surface area contributed by atoms with Gasteiger partial charge in [0.25, 0.3) is 0 Å². The molecule has 6 nitrogen and oxygen atoms in total. The molecule has 3 atom stereocenters. The van der Waals surface area contributed by atoms with Crippen molar-refractivity contribution >= 4 is 23.7 Å². The predicted molar refractivity (Wildman–Crippen MR) is 104 cm³/mol. The van der Waals surface area contributed by atoms with E-state index in [1.165, 1.54) is 0 Å². The minimum atomic E-state index is -0.0393. The number of fused-ring (bicyclic) bond motifs is 1. The van der Waals surface area contributed by atoms with Gasteiger partial charge in [0.05, 0.1) is 24.3 Å². The van der Waals surface area contributed by atoms with Gasteiger partial charge in [-0.15, -0.1) is 0 Å². The molecule has 0 spiro atoms. The lowest BCUT2D eigenvalue weighted by Gasteiger charge is -2.26. The van der Waals surface area contributed by atoms with Crippen molar-refractivity contribution in [3.8, 4) is 0 Å². The number of aromatic nitrogens is 1. The SMILES string of the molecule is CC(C)N(Cc1ccccn1)C(=O)CCCC[C@@H]1SC[C@@H]2NC(=O)N[C@@H]21. The number of pyridine rings is 1. The van der Waals surface area contributed by atoms with Crippen molar-refractivity contribution in [1.29, 1.82) is 0 Å². The summed E-state index contributed by atoms with van der Waals surface area (Å²) in [7, 11) is 0. The Balaban J connectivity index is 1.41. The standard InChI is InChI=1S/C19H28N4O2S/c1-13(2)23(11-14-7-5-6-10-20-14)17(24)9-4-3-8-16-18-15(12-26-16)21-19(25)22-18/h5-7,10,13,15-16,18H,3-4,8-9,11-12H2,1-2H3,(H2,21,22,25)/t15-,16-,18-/m0/s1. The fraction of sp³-hybridized carbons (Fsp3) is 0.632. The van der Waals surface area contributed by atoms with Crippen LogP contribution in [0.1, 0.15) is 45.2 Å². The molecule has 0 aliphatic carbocycles. The zero-order chi connectivity index (χ0) is 18.5. The van der Waals surface area contributed by atoms with Gasteiger partial charge >= 0.3 is 6.03 Å². The predicted octanol–water partition coefficient (Wildman–Crippen LogP) is 2.54. The molecule has 26 heavy (non-hydrogen) atoms. The van der Waals surface area contributed by atoms with Crippen LogP contribution < -0.4 is 10.6 Å². The van der Waals surface area contributed by atoms with E-state index in [2.05, 4.69) is 15.6 Å². The number of hydrogen-bond donors (Lipinski definition) is 2. The zero-order valence-electron chi connectivity index (χ0n) is 15.5. The van der Waals surface area contributed by atoms with Crippen LogP contribution in [0, 0.1) is 0 Å². The van der Waals surface area contributed by atoms with Crippen LogP contribution in [0.15, 0.2) is 24.4 Å². The molecule has 0 aromatic carbocycles. The number of urea groups is 1. The van der Waals surface area contributed by atoms with Crippen LogP contribution in [-0.4, -0.2) is 51.0 Å². The van der Waals surface area contributed by atoms with Gasteiger partial charge in [-0.1, -0.05) is 12.5 Å². The van der Waals surface area contributed by atoms with Crippen LogP contribution in [0.5, 0.6) is 0 Å². The monoisotopic (exact) mass is 376 g/mol. The summed E-state index contributed by atoms with van der Waals surface area (Å²) in [5.74, 6) is 1.18. The van der Waals surface area contributed by atoms with Crippen molar-refractivity contribution in [2.75, 3.05) is 5.75 Å². The Labute approximate surface area is 159 Å². The minimum absolute atomic E-state index is 0.0393. The molecular weight excluding hydrogens is 348 g/mol. The van der Waals surface area contributed by atoms with E-state index in [-0.39, 0.29) is 30.1 Å². The van der Waals surface area contributed by atoms with E-state index in [9.17, 15) is 9.59 Å². The molecule has 0 unspecified atom stereocenters. The van der Waals surface area contributed by atoms with Crippen molar-refractivity contribution in [2.24, 2.45) is 0 Å². The molecule has 2 aliphatic heterocycles. The van der Waals surface area contributed by atoms with Crippen molar-refractivity contribution < 1.29 is 9.59 Å². The molecule has 3 rings (SSSR count). The lowest BCUT2D eigenvalue weighted by atomic mass is 10.0. The molecular formula is C19H28N4O2S. The van der Waals surface area contributed by atoms with E-state index in [0.29, 0.717) is 18.2 Å². The van der Waals surface area contributed by atoms with Gasteiger partial charge in [-0.25, -0.2) is 4.79 Å². The molecule has 3 heterocycles. The summed E-state index contributed by atoms with van der Waals surface area (Å²) in [5, 5.41) is 6.45. The third-order valence-electron chi connectivity index (χ3n) is 5.07. The maximum atomic E-state index is 12.6. The summed E-state index contributed by atoms with van der Waals surface area (Å²) in [5.41, 5.74) is 0.924. The normalized spacial score (nSPS) is 24.3. The van der Waals surface area contributed by atoms with Crippen LogP contribution in [0.4, 0.5) is 4.79 Å². The first kappa shape index (κ1) is 19.0. The van der Waals surface area contributed by atoms with Crippen molar-refractivity contribution in [2.45, 2.75) is 69.5 Å². The number of carbonyl (C=O) groups is 2. The van der Waals surface area contributed by atoms with Crippen LogP contribution in [0.25, 0.3) is 0 Å². The lowest BCUT2D eigenvalue weighted by molar-refractivity contribution is -0.133. The first-order chi connectivity index (χ1) is 12.5. The van der Waals surface area contributed by atoms with Gasteiger partial charge in [0.1, 0.15) is 0 Å². The lowest BCUT2D eigenvalue weighted by Crippen LogP contribution is -2.37. The molecule has 0 radical (unpaired) electrons. The first-order valence-electron chi connectivity index (χ1n) is 9.42. The second-order valence-electron chi connectivity index (χ2n) is 7.30. The molecule has 1 aromatic heterocycles. The van der Waals surface area contributed by atoms with Gasteiger partial charge < -0.3 is 15.5 Å². The van der Waals surface area contributed by atoms with Gasteiger partial charge in [-0.2, -0.15) is 11.8 Å². The van der Waals surface area contributed by atoms with Crippen LogP contribution in [-0.2, 0) is 11.3 Å². The smallest absolute Gasteiger partial charge is 0.315 e. The van der Waals surface area contributed by atoms with Crippen molar-refractivity contribution in [1.82, 2.24) is 20.5 Å². The molecule has 142 valence electrons. The molecule has 7 heteroatoms. The summed E-state index contributed by atoms with van der Waals surface area (Å²) in [6.07, 6.45) is 5.28. The van der Waals surface area contributed by atoms with E-state index < -0.39 is 0 Å². The Morgan fingerprint density at radius 2 is 2.19 bits per heavy atom. The summed E-state index contributed by atoms with van der Waals surface area (Å²) in [6, 6.07) is 6.44. The largest absolute Gasteiger partial charge is 0.334 e. The maximum Gasteiger partial charge on any atom is 0.315 e. The van der Waals surface area contributed by atoms with Gasteiger partial charge in [-0.05, 0) is 38.8 Å². The summed E-state index contributed by atoms with van der Waals surface area (Å²) >= 11 is 1.93. The highest BCUT2D eigenvalue weighted by atomic mass is 32.2. The Kier molecular flexibility index (Phi) is 6.40. The van der Waals surface area contributed by atoms with Gasteiger partial charge in [0.2, 0.25) is 5.91 Å². The molecule has 2 aliphatic rings. The van der Waals surface area contributed by atoms with Gasteiger partial charge in [0.15, 0.2) is 0 Å². The van der Waals surface area contributed by atoms with E-state index in [4.69, 9.17) is 0 Å². The topological polar surface area (TPSA) is 74.3 Å². The third kappa shape index (κ3) is 4.69. The number of nitrogens with one attached hydrogen (secondary N) is 2. The fourth-order valence-corrected chi connectivity index (χ4v) is 5.18. The average Bonchev–Trinajstić information content (AvgIpc) is 3.16. The Morgan fingerprint density at radius 3 is 2.92 bits per heavy atom. The van der Waals surface area contributed by atoms with Crippen molar-refractivity contribution in [3.05, 3.63) is 30.1 Å². The summed E-state index contributed by atoms with van der Waals surface area (Å²) < 4.78 is 0. The third-order valence-corrected chi connectivity index (χ3v) is 6.58. The minimum Gasteiger partial charge on any atom is -0.334 e. The Hall–Kier alpha value is -1.76. The number of thioether (sulfide) groups is 1. The fourth-order valence-electron chi connectivity index (χ4n) is 3.63. The zero-order valence-corrected chi connectivity index (χ0v) is 16.3. The molecule has 1 aromatic rings. The second kappa shape index (κ2) is 8.75. The Morgan fingerprint density at radius 1 is 1.35 bits per heavy atom. The highest BCUT2D eigenvalue weighted by Gasteiger charge is 2.42. The summed E-state index contributed by atoms with van der Waals surface area (Å²) in [4.78, 5) is 30.3. The number of carbonyl (C=O) groups excluding carboxylic acids is 2. The Bertz CT molecular complexity index is 625. The van der Waals surface area contributed by atoms with Crippen LogP contribution in [0.2, 0.25) is 0 Å². The van der Waals surface area contributed by atoms with Crippen LogP contribution in [0.3, 0.4) is 0 Å². The van der Waals surface area contributed by atoms with Crippen LogP contribution >= 0.6 is 11.8 Å². The maximum absolute atomic E-state index is 12.6. The van der Waals surface area contributed by atoms with E-state index in [1.54, 1.807) is 6.20 Å². The van der Waals surface area contributed by atoms with E-state index in [0.717, 1.165) is 30.7 Å². The summed E-state index contributed by atoms with van der Waals surface area (Å²) in [6.45, 7) is 4.66. The molecule has 0 bridgehead atoms. The van der Waals surface area contributed by atoms with Crippen molar-refractivity contribution in [3.63, 3.8) is 0 Å². The number of amides is 3. The van der Waals surface area contributed by atoms with Gasteiger partial charge in [-0.3, -0.25) is 9.78 Å². The molecule has 2 fully saturated rings. The molecule has 2 saturated heterocycles. The first-order valence-corrected chi connectivity index (χ1v) is 10.5. The van der Waals surface area contributed by atoms with E-state index >= 15 is 0 Å². The molecule has 2 N–H and O–H groups in total. The average molecular weight is 377 g/mol. The highest BCUT2D eigenvalue weighted by Crippen LogP contribution is 2.33. The quantitative estimate of drug-likeness (QED) is 0.540. The second-order valence-corrected chi connectivity index (χ2v) is 8.58. The number of hydrogen-bond acceptors (Lipinski definition) is 4.